The van der Waals surface area contributed by atoms with Gasteiger partial charge < -0.3 is 5.11 Å². The third kappa shape index (κ3) is 19.0. The summed E-state index contributed by atoms with van der Waals surface area (Å²) in [5.41, 5.74) is 0. The van der Waals surface area contributed by atoms with E-state index in [0.29, 0.717) is 6.42 Å². The van der Waals surface area contributed by atoms with Crippen LogP contribution in [0.25, 0.3) is 0 Å². The van der Waals surface area contributed by atoms with Gasteiger partial charge in [-0.1, -0.05) is 103 Å². The summed E-state index contributed by atoms with van der Waals surface area (Å²) in [5.74, 6) is 0. The van der Waals surface area contributed by atoms with E-state index in [-0.39, 0.29) is 6.10 Å². The lowest BCUT2D eigenvalue weighted by atomic mass is 10.0. The molecule has 5 heteroatoms. The van der Waals surface area contributed by atoms with Gasteiger partial charge in [-0.3, -0.25) is 4.55 Å². The van der Waals surface area contributed by atoms with Crippen molar-refractivity contribution in [1.82, 2.24) is 0 Å². The summed E-state index contributed by atoms with van der Waals surface area (Å²) >= 11 is 0. The summed E-state index contributed by atoms with van der Waals surface area (Å²) < 4.78 is 30.7. The maximum absolute atomic E-state index is 10.9. The molecule has 4 nitrogen and oxygen atoms in total. The highest BCUT2D eigenvalue weighted by Crippen LogP contribution is 2.15. The van der Waals surface area contributed by atoms with Gasteiger partial charge in [0, 0.05) is 0 Å². The predicted molar refractivity (Wildman–Crippen MR) is 116 cm³/mol. The van der Waals surface area contributed by atoms with Gasteiger partial charge in [0.25, 0.3) is 10.1 Å². The summed E-state index contributed by atoms with van der Waals surface area (Å²) in [6.07, 6.45) is 21.2. The molecule has 0 aliphatic heterocycles. The molecule has 0 saturated heterocycles. The Labute approximate surface area is 169 Å². The molecule has 2 atom stereocenters. The zero-order valence-corrected chi connectivity index (χ0v) is 18.8. The van der Waals surface area contributed by atoms with Crippen LogP contribution in [0.15, 0.2) is 0 Å². The van der Waals surface area contributed by atoms with Crippen LogP contribution in [0.2, 0.25) is 0 Å². The van der Waals surface area contributed by atoms with Gasteiger partial charge in [0.2, 0.25) is 0 Å². The molecule has 0 aromatic rings. The van der Waals surface area contributed by atoms with E-state index in [1.165, 1.54) is 83.5 Å². The van der Waals surface area contributed by atoms with Crippen molar-refractivity contribution in [1.29, 1.82) is 0 Å². The fraction of sp³-hybridized carbons (Fsp3) is 1.00. The van der Waals surface area contributed by atoms with E-state index in [4.69, 9.17) is 4.55 Å². The summed E-state index contributed by atoms with van der Waals surface area (Å²) in [6, 6.07) is 0. The zero-order valence-electron chi connectivity index (χ0n) is 18.0. The standard InChI is InChI=1S/C22H46O4S/c1-3-22(23)20-18-16-14-12-10-8-6-4-5-7-9-11-13-15-17-19-21(2)27(24,25)26/h21-23H,3-20H2,1-2H3,(H,24,25,26). The first-order valence-corrected chi connectivity index (χ1v) is 13.0. The van der Waals surface area contributed by atoms with Gasteiger partial charge in [-0.25, -0.2) is 0 Å². The lowest BCUT2D eigenvalue weighted by Crippen LogP contribution is -2.16. The first-order chi connectivity index (χ1) is 12.9. The Morgan fingerprint density at radius 1 is 0.630 bits per heavy atom. The van der Waals surface area contributed by atoms with Crippen molar-refractivity contribution >= 4 is 10.1 Å². The minimum Gasteiger partial charge on any atom is -0.393 e. The van der Waals surface area contributed by atoms with Crippen LogP contribution in [0.5, 0.6) is 0 Å². The molecular weight excluding hydrogens is 360 g/mol. The normalized spacial score (nSPS) is 14.4. The molecule has 0 spiro atoms. The Morgan fingerprint density at radius 2 is 0.926 bits per heavy atom. The molecule has 0 aliphatic carbocycles. The largest absolute Gasteiger partial charge is 0.393 e. The van der Waals surface area contributed by atoms with Gasteiger partial charge in [0.1, 0.15) is 0 Å². The second-order valence-corrected chi connectivity index (χ2v) is 10.1. The minimum absolute atomic E-state index is 0.0845. The monoisotopic (exact) mass is 406 g/mol. The average Bonchev–Trinajstić information content (AvgIpc) is 2.62. The molecular formula is C22H46O4S. The van der Waals surface area contributed by atoms with E-state index in [1.807, 2.05) is 6.92 Å². The quantitative estimate of drug-likeness (QED) is 0.175. The predicted octanol–water partition coefficient (Wildman–Crippen LogP) is 6.67. The van der Waals surface area contributed by atoms with Crippen molar-refractivity contribution in [2.24, 2.45) is 0 Å². The van der Waals surface area contributed by atoms with Crippen LogP contribution in [0, 0.1) is 0 Å². The Morgan fingerprint density at radius 3 is 1.22 bits per heavy atom. The number of hydrogen-bond donors (Lipinski definition) is 2. The summed E-state index contributed by atoms with van der Waals surface area (Å²) in [6.45, 7) is 3.62. The van der Waals surface area contributed by atoms with Crippen molar-refractivity contribution in [2.75, 3.05) is 0 Å². The van der Waals surface area contributed by atoms with E-state index in [2.05, 4.69) is 0 Å². The molecule has 0 bridgehead atoms. The van der Waals surface area contributed by atoms with Crippen molar-refractivity contribution in [3.63, 3.8) is 0 Å². The van der Waals surface area contributed by atoms with Crippen LogP contribution in [0.3, 0.4) is 0 Å². The molecule has 0 amide bonds. The Balaban J connectivity index is 3.15. The molecule has 0 radical (unpaired) electrons. The molecule has 0 aromatic carbocycles. The molecule has 0 saturated carbocycles. The number of hydrogen-bond acceptors (Lipinski definition) is 3. The molecule has 0 heterocycles. The van der Waals surface area contributed by atoms with Crippen LogP contribution in [-0.2, 0) is 10.1 Å². The van der Waals surface area contributed by atoms with Crippen molar-refractivity contribution in [3.8, 4) is 0 Å². The fourth-order valence-electron chi connectivity index (χ4n) is 3.46. The van der Waals surface area contributed by atoms with Crippen LogP contribution >= 0.6 is 0 Å². The van der Waals surface area contributed by atoms with Crippen LogP contribution in [0.1, 0.15) is 129 Å². The molecule has 0 aromatic heterocycles. The van der Waals surface area contributed by atoms with Gasteiger partial charge in [0.05, 0.1) is 11.4 Å². The van der Waals surface area contributed by atoms with Crippen molar-refractivity contribution in [3.05, 3.63) is 0 Å². The van der Waals surface area contributed by atoms with Crippen LogP contribution in [0.4, 0.5) is 0 Å². The first-order valence-electron chi connectivity index (χ1n) is 11.5. The first kappa shape index (κ1) is 26.9. The summed E-state index contributed by atoms with van der Waals surface area (Å²) in [5, 5.41) is 8.87. The van der Waals surface area contributed by atoms with Crippen molar-refractivity contribution < 1.29 is 18.1 Å². The second-order valence-electron chi connectivity index (χ2n) is 8.27. The third-order valence-electron chi connectivity index (χ3n) is 5.63. The second kappa shape index (κ2) is 17.9. The van der Waals surface area contributed by atoms with Gasteiger partial charge in [-0.2, -0.15) is 8.42 Å². The number of aliphatic hydroxyl groups is 1. The van der Waals surface area contributed by atoms with E-state index < -0.39 is 15.4 Å². The maximum atomic E-state index is 10.9. The highest BCUT2D eigenvalue weighted by Gasteiger charge is 2.15. The number of unbranched alkanes of at least 4 members (excludes halogenated alkanes) is 14. The molecule has 164 valence electrons. The molecule has 27 heavy (non-hydrogen) atoms. The molecule has 0 aliphatic rings. The highest BCUT2D eigenvalue weighted by molar-refractivity contribution is 7.86. The minimum atomic E-state index is -3.84. The lowest BCUT2D eigenvalue weighted by molar-refractivity contribution is 0.156. The van der Waals surface area contributed by atoms with Gasteiger partial charge in [-0.15, -0.1) is 0 Å². The van der Waals surface area contributed by atoms with E-state index in [9.17, 15) is 13.5 Å². The molecule has 0 rings (SSSR count). The van der Waals surface area contributed by atoms with E-state index >= 15 is 0 Å². The maximum Gasteiger partial charge on any atom is 0.267 e. The molecule has 2 unspecified atom stereocenters. The van der Waals surface area contributed by atoms with Crippen LogP contribution < -0.4 is 0 Å². The van der Waals surface area contributed by atoms with Crippen molar-refractivity contribution in [2.45, 2.75) is 141 Å². The lowest BCUT2D eigenvalue weighted by Gasteiger charge is -2.07. The highest BCUT2D eigenvalue weighted by atomic mass is 32.2. The van der Waals surface area contributed by atoms with Gasteiger partial charge >= 0.3 is 0 Å². The topological polar surface area (TPSA) is 74.6 Å². The number of aliphatic hydroxyl groups excluding tert-OH is 1. The van der Waals surface area contributed by atoms with E-state index in [0.717, 1.165) is 25.7 Å². The van der Waals surface area contributed by atoms with Gasteiger partial charge in [0.15, 0.2) is 0 Å². The Hall–Kier alpha value is -0.130. The summed E-state index contributed by atoms with van der Waals surface area (Å²) in [4.78, 5) is 0. The summed E-state index contributed by atoms with van der Waals surface area (Å²) in [7, 11) is -3.84. The fourth-order valence-corrected chi connectivity index (χ4v) is 3.93. The van der Waals surface area contributed by atoms with Crippen LogP contribution in [-0.4, -0.2) is 29.4 Å². The average molecular weight is 407 g/mol. The Bertz CT molecular complexity index is 409. The zero-order chi connectivity index (χ0) is 20.4. The molecule has 0 fully saturated rings. The smallest absolute Gasteiger partial charge is 0.267 e. The number of rotatable bonds is 20. The third-order valence-corrected chi connectivity index (χ3v) is 6.88. The molecule has 2 N–H and O–H groups in total. The SMILES string of the molecule is CCC(O)CCCCCCCCCCCCCCCCCC(C)S(=O)(=O)O. The Kier molecular flexibility index (Phi) is 17.8. The van der Waals surface area contributed by atoms with Gasteiger partial charge in [-0.05, 0) is 26.2 Å². The van der Waals surface area contributed by atoms with E-state index in [1.54, 1.807) is 6.92 Å².